The number of nitrogens with zero attached hydrogens (tertiary/aromatic N) is 1. The van der Waals surface area contributed by atoms with Gasteiger partial charge in [0, 0.05) is 12.3 Å². The summed E-state index contributed by atoms with van der Waals surface area (Å²) in [5.74, 6) is 0.725. The highest BCUT2D eigenvalue weighted by Gasteiger charge is 2.69. The van der Waals surface area contributed by atoms with Crippen LogP contribution >= 0.6 is 0 Å². The number of isocyanates is 1. The van der Waals surface area contributed by atoms with Crippen molar-refractivity contribution in [3.05, 3.63) is 0 Å². The molecule has 4 rings (SSSR count). The number of esters is 2. The largest absolute Gasteiger partial charge is 0.469 e. The molecule has 0 radical (unpaired) electrons. The Balaban J connectivity index is 1.66. The Hall–Kier alpha value is -1.68. The predicted molar refractivity (Wildman–Crippen MR) is 110 cm³/mol. The summed E-state index contributed by atoms with van der Waals surface area (Å²) in [5.41, 5.74) is -0.705. The van der Waals surface area contributed by atoms with Gasteiger partial charge in [0.2, 0.25) is 6.08 Å². The second-order valence-electron chi connectivity index (χ2n) is 10.7. The predicted octanol–water partition coefficient (Wildman–Crippen LogP) is 4.21. The second kappa shape index (κ2) is 7.47. The number of carbonyl (C=O) groups excluding carboxylic acids is 3. The van der Waals surface area contributed by atoms with E-state index in [9.17, 15) is 14.4 Å². The number of rotatable bonds is 3. The number of hydrogen-bond acceptors (Lipinski definition) is 6. The van der Waals surface area contributed by atoms with Crippen LogP contribution in [0.3, 0.4) is 0 Å². The van der Waals surface area contributed by atoms with Crippen LogP contribution in [0.2, 0.25) is 0 Å². The van der Waals surface area contributed by atoms with E-state index in [1.165, 1.54) is 14.0 Å². The summed E-state index contributed by atoms with van der Waals surface area (Å²) in [6.07, 6.45) is 10.3. The van der Waals surface area contributed by atoms with Crippen LogP contribution in [-0.2, 0) is 23.9 Å². The minimum atomic E-state index is -0.517. The molecule has 6 heteroatoms. The van der Waals surface area contributed by atoms with Crippen molar-refractivity contribution >= 4 is 18.0 Å². The van der Waals surface area contributed by atoms with E-state index < -0.39 is 5.54 Å². The molecule has 0 N–H and O–H groups in total. The molecule has 0 aromatic heterocycles. The van der Waals surface area contributed by atoms with E-state index in [1.54, 1.807) is 0 Å². The molecule has 166 valence electrons. The zero-order valence-electron chi connectivity index (χ0n) is 18.7. The summed E-state index contributed by atoms with van der Waals surface area (Å²) in [4.78, 5) is 40.2. The van der Waals surface area contributed by atoms with E-state index in [0.717, 1.165) is 57.8 Å². The zero-order valence-corrected chi connectivity index (χ0v) is 18.7. The van der Waals surface area contributed by atoms with E-state index in [0.29, 0.717) is 17.8 Å². The van der Waals surface area contributed by atoms with Gasteiger partial charge in [-0.15, -0.1) is 0 Å². The van der Waals surface area contributed by atoms with Crippen molar-refractivity contribution in [3.63, 3.8) is 0 Å². The molecule has 3 unspecified atom stereocenters. The summed E-state index contributed by atoms with van der Waals surface area (Å²) in [5, 5.41) is 0. The molecule has 4 saturated carbocycles. The fourth-order valence-electron chi connectivity index (χ4n) is 8.40. The second-order valence-corrected chi connectivity index (χ2v) is 10.7. The van der Waals surface area contributed by atoms with Gasteiger partial charge in [-0.2, -0.15) is 4.99 Å². The van der Waals surface area contributed by atoms with E-state index in [4.69, 9.17) is 9.47 Å². The number of fused-ring (bicyclic) bond motifs is 5. The summed E-state index contributed by atoms with van der Waals surface area (Å²) in [6, 6.07) is 0. The van der Waals surface area contributed by atoms with Crippen LogP contribution in [0.1, 0.15) is 78.6 Å². The van der Waals surface area contributed by atoms with E-state index in [1.807, 2.05) is 6.08 Å². The van der Waals surface area contributed by atoms with Crippen molar-refractivity contribution in [3.8, 4) is 0 Å². The number of hydrogen-bond donors (Lipinski definition) is 0. The van der Waals surface area contributed by atoms with E-state index in [2.05, 4.69) is 18.8 Å². The Morgan fingerprint density at radius 1 is 1.00 bits per heavy atom. The molecular weight excluding hydrogens is 382 g/mol. The highest BCUT2D eigenvalue weighted by Crippen LogP contribution is 2.70. The number of aliphatic imine (C=N–C) groups is 1. The van der Waals surface area contributed by atoms with Gasteiger partial charge in [0.25, 0.3) is 0 Å². The molecular formula is C24H35NO5. The molecule has 4 aliphatic rings. The Morgan fingerprint density at radius 2 is 1.77 bits per heavy atom. The average Bonchev–Trinajstić information content (AvgIpc) is 3.00. The Bertz CT molecular complexity index is 776. The molecule has 0 bridgehead atoms. The van der Waals surface area contributed by atoms with Crippen LogP contribution in [0, 0.1) is 34.5 Å². The molecule has 0 spiro atoms. The van der Waals surface area contributed by atoms with Gasteiger partial charge in [-0.05, 0) is 81.0 Å². The van der Waals surface area contributed by atoms with Gasteiger partial charge in [-0.25, -0.2) is 4.79 Å². The third-order valence-corrected chi connectivity index (χ3v) is 9.87. The summed E-state index contributed by atoms with van der Waals surface area (Å²) >= 11 is 0. The van der Waals surface area contributed by atoms with Crippen molar-refractivity contribution in [1.29, 1.82) is 0 Å². The number of methoxy groups -OCH3 is 1. The maximum Gasteiger partial charge on any atom is 0.309 e. The molecule has 8 atom stereocenters. The molecule has 0 aromatic rings. The molecule has 0 amide bonds. The van der Waals surface area contributed by atoms with Gasteiger partial charge >= 0.3 is 11.9 Å². The van der Waals surface area contributed by atoms with Gasteiger partial charge in [-0.3, -0.25) is 9.59 Å². The number of ether oxygens (including phenoxy) is 2. The van der Waals surface area contributed by atoms with Gasteiger partial charge in [0.15, 0.2) is 0 Å². The summed E-state index contributed by atoms with van der Waals surface area (Å²) < 4.78 is 10.7. The van der Waals surface area contributed by atoms with Crippen LogP contribution in [0.4, 0.5) is 0 Å². The average molecular weight is 418 g/mol. The lowest BCUT2D eigenvalue weighted by Crippen LogP contribution is -2.62. The van der Waals surface area contributed by atoms with Crippen molar-refractivity contribution in [2.24, 2.45) is 39.5 Å². The first-order valence-corrected chi connectivity index (χ1v) is 11.6. The lowest BCUT2D eigenvalue weighted by Gasteiger charge is -2.63. The minimum absolute atomic E-state index is 0.0307. The molecule has 0 heterocycles. The first kappa shape index (κ1) is 21.5. The van der Waals surface area contributed by atoms with Gasteiger partial charge in [0.05, 0.1) is 18.6 Å². The minimum Gasteiger partial charge on any atom is -0.469 e. The standard InChI is InChI=1S/C24H35NO5/c1-15(27)30-17-7-10-22(2)16(13-17)5-6-19-18(22)8-11-23(3)20(21(28)29-4)9-12-24(19,23)25-14-26/h16-20H,5-13H2,1-4H3/t16?,17?,18-,19-,20?,22+,23-,24-/m1/s1. The normalized spacial score (nSPS) is 47.1. The first-order chi connectivity index (χ1) is 14.2. The molecule has 0 aliphatic heterocycles. The van der Waals surface area contributed by atoms with Crippen molar-refractivity contribution in [2.45, 2.75) is 90.2 Å². The smallest absolute Gasteiger partial charge is 0.309 e. The lowest BCUT2D eigenvalue weighted by molar-refractivity contribution is -0.167. The molecule has 0 aromatic carbocycles. The van der Waals surface area contributed by atoms with Crippen molar-refractivity contribution in [2.75, 3.05) is 7.11 Å². The molecule has 6 nitrogen and oxygen atoms in total. The quantitative estimate of drug-likeness (QED) is 0.390. The SMILES string of the molecule is COC(=O)C1CC[C@@]2(N=C=O)[C@@H]3CCC4CC(OC(C)=O)CC[C@]4(C)[C@@H]3CC[C@]12C. The van der Waals surface area contributed by atoms with Crippen LogP contribution in [0.15, 0.2) is 4.99 Å². The van der Waals surface area contributed by atoms with Crippen LogP contribution in [0.5, 0.6) is 0 Å². The Kier molecular flexibility index (Phi) is 5.37. The topological polar surface area (TPSA) is 82.0 Å². The zero-order chi connectivity index (χ0) is 21.7. The van der Waals surface area contributed by atoms with E-state index in [-0.39, 0.29) is 34.8 Å². The fraction of sp³-hybridized carbons (Fsp3) is 0.875. The third-order valence-electron chi connectivity index (χ3n) is 9.87. The Labute approximate surface area is 179 Å². The fourth-order valence-corrected chi connectivity index (χ4v) is 8.40. The summed E-state index contributed by atoms with van der Waals surface area (Å²) in [6.45, 7) is 6.06. The third kappa shape index (κ3) is 2.90. The highest BCUT2D eigenvalue weighted by atomic mass is 16.5. The number of carbonyl (C=O) groups is 2. The van der Waals surface area contributed by atoms with Crippen molar-refractivity contribution in [1.82, 2.24) is 0 Å². The van der Waals surface area contributed by atoms with Crippen LogP contribution < -0.4 is 0 Å². The van der Waals surface area contributed by atoms with E-state index >= 15 is 0 Å². The highest BCUT2D eigenvalue weighted by molar-refractivity contribution is 5.74. The molecule has 4 aliphatic carbocycles. The van der Waals surface area contributed by atoms with Crippen molar-refractivity contribution < 1.29 is 23.9 Å². The van der Waals surface area contributed by atoms with Gasteiger partial charge in [0.1, 0.15) is 6.10 Å². The van der Waals surface area contributed by atoms with Gasteiger partial charge in [-0.1, -0.05) is 13.8 Å². The molecule has 4 fully saturated rings. The molecule has 30 heavy (non-hydrogen) atoms. The monoisotopic (exact) mass is 417 g/mol. The summed E-state index contributed by atoms with van der Waals surface area (Å²) in [7, 11) is 1.45. The first-order valence-electron chi connectivity index (χ1n) is 11.6. The van der Waals surface area contributed by atoms with Crippen LogP contribution in [0.25, 0.3) is 0 Å². The van der Waals surface area contributed by atoms with Gasteiger partial charge < -0.3 is 9.47 Å². The molecule has 0 saturated heterocycles. The maximum atomic E-state index is 12.6. The lowest BCUT2D eigenvalue weighted by atomic mass is 9.42. The maximum absolute atomic E-state index is 12.6. The van der Waals surface area contributed by atoms with Crippen LogP contribution in [-0.4, -0.2) is 36.8 Å². The Morgan fingerprint density at radius 3 is 2.43 bits per heavy atom.